The van der Waals surface area contributed by atoms with E-state index in [1.165, 1.54) is 0 Å². The second-order valence-electron chi connectivity index (χ2n) is 2.60. The summed E-state index contributed by atoms with van der Waals surface area (Å²) in [5.74, 6) is -0.128. The Balaban J connectivity index is 0.00000144. The van der Waals surface area contributed by atoms with Gasteiger partial charge in [-0.05, 0) is 18.1 Å². The Hall–Kier alpha value is -0.510. The molecule has 0 aliphatic heterocycles. The van der Waals surface area contributed by atoms with Crippen molar-refractivity contribution in [2.75, 3.05) is 0 Å². The summed E-state index contributed by atoms with van der Waals surface area (Å²) in [5.41, 5.74) is 5.73. The van der Waals surface area contributed by atoms with Gasteiger partial charge in [0.25, 0.3) is 0 Å². The van der Waals surface area contributed by atoms with Crippen LogP contribution in [0.3, 0.4) is 0 Å². The van der Waals surface area contributed by atoms with Crippen molar-refractivity contribution in [1.82, 2.24) is 0 Å². The van der Waals surface area contributed by atoms with Crippen LogP contribution in [-0.2, 0) is 11.2 Å². The molecule has 0 unspecified atom stereocenters. The van der Waals surface area contributed by atoms with Gasteiger partial charge in [0, 0.05) is 6.42 Å². The summed E-state index contributed by atoms with van der Waals surface area (Å²) in [5, 5.41) is 9.27. The minimum atomic E-state index is -0.349. The van der Waals surface area contributed by atoms with Gasteiger partial charge < -0.3 is 10.8 Å². The number of primary amides is 1. The molecule has 0 atom stereocenters. The van der Waals surface area contributed by atoms with Crippen molar-refractivity contribution in [3.63, 3.8) is 0 Å². The number of hydrogen-bond acceptors (Lipinski definition) is 2. The van der Waals surface area contributed by atoms with Crippen molar-refractivity contribution in [3.05, 3.63) is 29.8 Å². The zero-order valence-corrected chi connectivity index (χ0v) is 6.66. The van der Waals surface area contributed by atoms with Crippen molar-refractivity contribution in [2.24, 2.45) is 5.73 Å². The molecule has 0 aromatic heterocycles. The molecule has 1 amide bonds. The van der Waals surface area contributed by atoms with Crippen molar-refractivity contribution in [1.29, 1.82) is 0 Å². The fraction of sp³-hybridized carbons (Fsp3) is 0.222. The van der Waals surface area contributed by atoms with Crippen LogP contribution in [0, 0.1) is 0 Å². The molecule has 0 saturated heterocycles. The van der Waals surface area contributed by atoms with Crippen LogP contribution >= 0.6 is 0 Å². The zero-order valence-electron chi connectivity index (χ0n) is 6.66. The van der Waals surface area contributed by atoms with E-state index in [2.05, 4.69) is 0 Å². The van der Waals surface area contributed by atoms with Gasteiger partial charge in [-0.2, -0.15) is 0 Å². The van der Waals surface area contributed by atoms with Gasteiger partial charge in [-0.25, -0.2) is 0 Å². The normalized spacial score (nSPS) is 8.92. The second kappa shape index (κ2) is 6.02. The van der Waals surface area contributed by atoms with Crippen LogP contribution in [0.1, 0.15) is 12.0 Å². The summed E-state index contributed by atoms with van der Waals surface area (Å²) in [7, 11) is 0. The second-order valence-corrected chi connectivity index (χ2v) is 2.60. The molecule has 0 fully saturated rings. The standard InChI is InChI=1S/C9H11NO2.Na.H/c10-9(12)6-5-7-3-1-2-4-8(7)11;;/h1-4,11H,5-6H2,(H2,10,12);;. The maximum absolute atomic E-state index is 10.4. The Morgan fingerprint density at radius 1 is 1.38 bits per heavy atom. The number of hydrogen-bond donors (Lipinski definition) is 2. The molecule has 1 rings (SSSR count). The van der Waals surface area contributed by atoms with E-state index in [0.717, 1.165) is 5.56 Å². The Morgan fingerprint density at radius 2 is 2.00 bits per heavy atom. The van der Waals surface area contributed by atoms with E-state index in [0.29, 0.717) is 6.42 Å². The molecule has 0 aliphatic carbocycles. The van der Waals surface area contributed by atoms with Crippen LogP contribution < -0.4 is 5.73 Å². The maximum atomic E-state index is 10.4. The molecule has 3 nitrogen and oxygen atoms in total. The number of carbonyl (C=O) groups excluding carboxylic acids is 1. The summed E-state index contributed by atoms with van der Waals surface area (Å²) in [6.45, 7) is 0. The number of rotatable bonds is 3. The first-order valence-electron chi connectivity index (χ1n) is 3.75. The number of benzene rings is 1. The number of para-hydroxylation sites is 1. The van der Waals surface area contributed by atoms with Gasteiger partial charge in [0.05, 0.1) is 0 Å². The van der Waals surface area contributed by atoms with E-state index < -0.39 is 0 Å². The van der Waals surface area contributed by atoms with E-state index in [1.807, 2.05) is 6.07 Å². The Labute approximate surface area is 99.2 Å². The molecular formula is C9H12NNaO2. The molecule has 4 heteroatoms. The summed E-state index contributed by atoms with van der Waals surface area (Å²) >= 11 is 0. The number of nitrogens with two attached hydrogens (primary N) is 1. The predicted molar refractivity (Wildman–Crippen MR) is 52.8 cm³/mol. The van der Waals surface area contributed by atoms with Crippen molar-refractivity contribution in [2.45, 2.75) is 12.8 Å². The molecule has 1 aromatic carbocycles. The number of aromatic hydroxyl groups is 1. The third-order valence-corrected chi connectivity index (χ3v) is 1.63. The first-order valence-corrected chi connectivity index (χ1v) is 3.75. The average Bonchev–Trinajstić information content (AvgIpc) is 2.03. The number of aryl methyl sites for hydroxylation is 1. The number of phenols is 1. The van der Waals surface area contributed by atoms with E-state index in [1.54, 1.807) is 18.2 Å². The van der Waals surface area contributed by atoms with Crippen LogP contribution in [0.25, 0.3) is 0 Å². The molecule has 3 N–H and O–H groups in total. The van der Waals surface area contributed by atoms with Crippen LogP contribution in [-0.4, -0.2) is 40.6 Å². The summed E-state index contributed by atoms with van der Waals surface area (Å²) < 4.78 is 0. The van der Waals surface area contributed by atoms with Gasteiger partial charge >= 0.3 is 29.6 Å². The minimum absolute atomic E-state index is 0. The van der Waals surface area contributed by atoms with Gasteiger partial charge in [-0.1, -0.05) is 18.2 Å². The van der Waals surface area contributed by atoms with Crippen LogP contribution in [0.2, 0.25) is 0 Å². The van der Waals surface area contributed by atoms with Gasteiger partial charge in [0.2, 0.25) is 5.91 Å². The molecule has 0 radical (unpaired) electrons. The molecule has 1 aromatic rings. The number of phenolic OH excluding ortho intramolecular Hbond substituents is 1. The molecule has 0 bridgehead atoms. The molecule has 0 spiro atoms. The Bertz CT molecular complexity index is 289. The molecule has 0 saturated carbocycles. The third kappa shape index (κ3) is 4.31. The molecular weight excluding hydrogens is 177 g/mol. The van der Waals surface area contributed by atoms with Gasteiger partial charge in [0.15, 0.2) is 0 Å². The van der Waals surface area contributed by atoms with E-state index in [9.17, 15) is 9.90 Å². The zero-order chi connectivity index (χ0) is 8.97. The van der Waals surface area contributed by atoms with Gasteiger partial charge in [0.1, 0.15) is 5.75 Å². The number of carbonyl (C=O) groups is 1. The fourth-order valence-corrected chi connectivity index (χ4v) is 0.980. The van der Waals surface area contributed by atoms with Crippen LogP contribution in [0.5, 0.6) is 5.75 Å². The molecule has 66 valence electrons. The first-order chi connectivity index (χ1) is 5.70. The first kappa shape index (κ1) is 12.5. The van der Waals surface area contributed by atoms with Gasteiger partial charge in [-0.15, -0.1) is 0 Å². The Morgan fingerprint density at radius 3 is 2.54 bits per heavy atom. The van der Waals surface area contributed by atoms with E-state index >= 15 is 0 Å². The van der Waals surface area contributed by atoms with Crippen LogP contribution in [0.15, 0.2) is 24.3 Å². The SMILES string of the molecule is NC(=O)CCc1ccccc1O.[NaH]. The monoisotopic (exact) mass is 189 g/mol. The topological polar surface area (TPSA) is 63.3 Å². The predicted octanol–water partition coefficient (Wildman–Crippen LogP) is 0.162. The fourth-order valence-electron chi connectivity index (χ4n) is 0.980. The quantitative estimate of drug-likeness (QED) is 0.665. The summed E-state index contributed by atoms with van der Waals surface area (Å²) in [6.07, 6.45) is 0.777. The summed E-state index contributed by atoms with van der Waals surface area (Å²) in [6, 6.07) is 6.92. The van der Waals surface area contributed by atoms with Crippen molar-refractivity contribution >= 4 is 35.5 Å². The van der Waals surface area contributed by atoms with Gasteiger partial charge in [-0.3, -0.25) is 4.79 Å². The average molecular weight is 189 g/mol. The van der Waals surface area contributed by atoms with E-state index in [4.69, 9.17) is 5.73 Å². The van der Waals surface area contributed by atoms with Crippen LogP contribution in [0.4, 0.5) is 0 Å². The third-order valence-electron chi connectivity index (χ3n) is 1.63. The Kier molecular flexibility index (Phi) is 5.79. The van der Waals surface area contributed by atoms with E-state index in [-0.39, 0.29) is 47.6 Å². The summed E-state index contributed by atoms with van der Waals surface area (Å²) in [4.78, 5) is 10.4. The van der Waals surface area contributed by atoms with Crippen molar-refractivity contribution < 1.29 is 9.90 Å². The molecule has 0 aliphatic rings. The molecule has 13 heavy (non-hydrogen) atoms. The molecule has 0 heterocycles. The van der Waals surface area contributed by atoms with Crippen molar-refractivity contribution in [3.8, 4) is 5.75 Å². The number of amides is 1.